The third-order valence-electron chi connectivity index (χ3n) is 5.59. The lowest BCUT2D eigenvalue weighted by Crippen LogP contribution is -2.49. The van der Waals surface area contributed by atoms with Crippen LogP contribution in [0.4, 0.5) is 0 Å². The number of benzene rings is 1. The number of ether oxygens (including phenoxy) is 1. The zero-order valence-corrected chi connectivity index (χ0v) is 16.9. The molecule has 2 aliphatic heterocycles. The maximum Gasteiger partial charge on any atom is 0.253 e. The van der Waals surface area contributed by atoms with Crippen molar-refractivity contribution in [3.05, 3.63) is 29.8 Å². The maximum atomic E-state index is 12.8. The molecule has 2 heterocycles. The van der Waals surface area contributed by atoms with Gasteiger partial charge in [0, 0.05) is 31.6 Å². The first-order chi connectivity index (χ1) is 13.2. The van der Waals surface area contributed by atoms with Gasteiger partial charge in [0.15, 0.2) is 9.84 Å². The van der Waals surface area contributed by atoms with Gasteiger partial charge in [-0.3, -0.25) is 9.59 Å². The molecule has 3 rings (SSSR count). The number of likely N-dealkylation sites (tertiary alicyclic amines) is 1. The molecule has 2 fully saturated rings. The van der Waals surface area contributed by atoms with Crippen molar-refractivity contribution in [2.24, 2.45) is 5.92 Å². The van der Waals surface area contributed by atoms with Gasteiger partial charge in [0.1, 0.15) is 5.75 Å². The highest BCUT2D eigenvalue weighted by Gasteiger charge is 2.42. The smallest absolute Gasteiger partial charge is 0.253 e. The van der Waals surface area contributed by atoms with Gasteiger partial charge in [-0.05, 0) is 31.0 Å². The molecule has 2 atom stereocenters. The number of hydrogen-bond donors (Lipinski definition) is 1. The summed E-state index contributed by atoms with van der Waals surface area (Å²) in [6, 6.07) is 6.26. The van der Waals surface area contributed by atoms with Crippen LogP contribution in [-0.2, 0) is 14.6 Å². The molecule has 28 heavy (non-hydrogen) atoms. The highest BCUT2D eigenvalue weighted by molar-refractivity contribution is 7.91. The van der Waals surface area contributed by atoms with E-state index in [9.17, 15) is 23.1 Å². The Morgan fingerprint density at radius 1 is 1.21 bits per heavy atom. The van der Waals surface area contributed by atoms with Crippen molar-refractivity contribution in [1.82, 2.24) is 9.80 Å². The minimum atomic E-state index is -3.32. The summed E-state index contributed by atoms with van der Waals surface area (Å²) in [5, 5.41) is 9.99. The van der Waals surface area contributed by atoms with Gasteiger partial charge in [0.05, 0.1) is 30.8 Å². The van der Waals surface area contributed by atoms with Gasteiger partial charge in [-0.25, -0.2) is 8.42 Å². The molecular formula is C19H26N2O6S. The number of hydrogen-bond acceptors (Lipinski definition) is 6. The molecule has 0 radical (unpaired) electrons. The van der Waals surface area contributed by atoms with E-state index in [0.717, 1.165) is 0 Å². The van der Waals surface area contributed by atoms with E-state index in [0.29, 0.717) is 37.2 Å². The molecule has 1 aromatic rings. The van der Waals surface area contributed by atoms with E-state index in [1.165, 1.54) is 4.90 Å². The fourth-order valence-electron chi connectivity index (χ4n) is 3.90. The number of aliphatic hydroxyl groups is 1. The number of aliphatic hydroxyl groups excluding tert-OH is 1. The first-order valence-electron chi connectivity index (χ1n) is 9.30. The summed E-state index contributed by atoms with van der Waals surface area (Å²) in [5.41, 5.74) is 0.542. The van der Waals surface area contributed by atoms with Gasteiger partial charge in [-0.15, -0.1) is 0 Å². The minimum Gasteiger partial charge on any atom is -0.497 e. The van der Waals surface area contributed by atoms with Crippen LogP contribution in [0.25, 0.3) is 0 Å². The number of piperidine rings is 1. The average molecular weight is 410 g/mol. The van der Waals surface area contributed by atoms with Crippen molar-refractivity contribution in [2.75, 3.05) is 38.8 Å². The molecule has 154 valence electrons. The van der Waals surface area contributed by atoms with Crippen molar-refractivity contribution in [3.8, 4) is 5.75 Å². The van der Waals surface area contributed by atoms with Crippen LogP contribution in [0.15, 0.2) is 24.3 Å². The van der Waals surface area contributed by atoms with E-state index < -0.39 is 22.0 Å². The number of methoxy groups -OCH3 is 1. The standard InChI is InChI=1S/C19H26N2O6S/c1-20(16-11-28(25,26)12-17(16)22)18(23)13-6-8-21(9-7-13)19(24)14-4-3-5-15(10-14)27-2/h3-5,10,13,16-17,22H,6-9,11-12H2,1-2H3/t16-,17-/m1/s1. The number of nitrogens with zero attached hydrogens (tertiary/aromatic N) is 2. The molecule has 8 nitrogen and oxygen atoms in total. The second kappa shape index (κ2) is 8.08. The first kappa shape index (κ1) is 20.6. The molecule has 2 aliphatic rings. The van der Waals surface area contributed by atoms with Gasteiger partial charge in [0.2, 0.25) is 5.91 Å². The SMILES string of the molecule is COc1cccc(C(=O)N2CCC(C(=O)N(C)[C@@H]3CS(=O)(=O)C[C@H]3O)CC2)c1. The maximum absolute atomic E-state index is 12.8. The van der Waals surface area contributed by atoms with E-state index in [2.05, 4.69) is 0 Å². The van der Waals surface area contributed by atoms with E-state index in [4.69, 9.17) is 4.74 Å². The van der Waals surface area contributed by atoms with Crippen LogP contribution in [0.1, 0.15) is 23.2 Å². The van der Waals surface area contributed by atoms with E-state index in [1.54, 1.807) is 43.3 Å². The number of likely N-dealkylation sites (N-methyl/N-ethyl adjacent to an activating group) is 1. The highest BCUT2D eigenvalue weighted by Crippen LogP contribution is 2.25. The molecule has 0 saturated carbocycles. The van der Waals surface area contributed by atoms with Crippen LogP contribution < -0.4 is 4.74 Å². The lowest BCUT2D eigenvalue weighted by Gasteiger charge is -2.35. The van der Waals surface area contributed by atoms with Crippen molar-refractivity contribution < 1.29 is 27.9 Å². The topological polar surface area (TPSA) is 104 Å². The summed E-state index contributed by atoms with van der Waals surface area (Å²) in [6.45, 7) is 0.900. The number of rotatable bonds is 4. The summed E-state index contributed by atoms with van der Waals surface area (Å²) < 4.78 is 28.6. The van der Waals surface area contributed by atoms with Crippen LogP contribution >= 0.6 is 0 Å². The molecule has 0 bridgehead atoms. The van der Waals surface area contributed by atoms with Crippen LogP contribution in [-0.4, -0.2) is 86.0 Å². The third-order valence-corrected chi connectivity index (χ3v) is 7.29. The lowest BCUT2D eigenvalue weighted by molar-refractivity contribution is -0.139. The lowest BCUT2D eigenvalue weighted by atomic mass is 9.94. The van der Waals surface area contributed by atoms with Gasteiger partial charge in [-0.1, -0.05) is 6.07 Å². The monoisotopic (exact) mass is 410 g/mol. The van der Waals surface area contributed by atoms with Crippen molar-refractivity contribution in [3.63, 3.8) is 0 Å². The van der Waals surface area contributed by atoms with Crippen molar-refractivity contribution in [2.45, 2.75) is 25.0 Å². The molecule has 0 unspecified atom stereocenters. The second-order valence-electron chi connectivity index (χ2n) is 7.46. The summed E-state index contributed by atoms with van der Waals surface area (Å²) in [7, 11) is -0.226. The van der Waals surface area contributed by atoms with Gasteiger partial charge >= 0.3 is 0 Å². The van der Waals surface area contributed by atoms with Crippen molar-refractivity contribution >= 4 is 21.7 Å². The van der Waals surface area contributed by atoms with E-state index >= 15 is 0 Å². The van der Waals surface area contributed by atoms with Gasteiger partial charge in [-0.2, -0.15) is 0 Å². The number of carbonyl (C=O) groups excluding carboxylic acids is 2. The predicted molar refractivity (Wildman–Crippen MR) is 103 cm³/mol. The molecule has 1 N–H and O–H groups in total. The summed E-state index contributed by atoms with van der Waals surface area (Å²) in [6.07, 6.45) is -0.0308. The number of carbonyl (C=O) groups is 2. The Morgan fingerprint density at radius 2 is 1.89 bits per heavy atom. The predicted octanol–water partition coefficient (Wildman–Crippen LogP) is 0.164. The first-order valence-corrected chi connectivity index (χ1v) is 11.1. The normalized spacial score (nSPS) is 24.8. The Bertz CT molecular complexity index is 848. The van der Waals surface area contributed by atoms with Crippen molar-refractivity contribution in [1.29, 1.82) is 0 Å². The van der Waals surface area contributed by atoms with E-state index in [-0.39, 0.29) is 29.2 Å². The number of amides is 2. The largest absolute Gasteiger partial charge is 0.497 e. The summed E-state index contributed by atoms with van der Waals surface area (Å²) in [5.74, 6) is -0.450. The fraction of sp³-hybridized carbons (Fsp3) is 0.579. The second-order valence-corrected chi connectivity index (χ2v) is 9.61. The molecule has 0 spiro atoms. The molecule has 0 aliphatic carbocycles. The van der Waals surface area contributed by atoms with E-state index in [1.807, 2.05) is 0 Å². The van der Waals surface area contributed by atoms with Gasteiger partial charge in [0.25, 0.3) is 5.91 Å². The third kappa shape index (κ3) is 4.30. The average Bonchev–Trinajstić information content (AvgIpc) is 2.98. The highest BCUT2D eigenvalue weighted by atomic mass is 32.2. The zero-order valence-electron chi connectivity index (χ0n) is 16.1. The molecule has 0 aromatic heterocycles. The fourth-order valence-corrected chi connectivity index (χ4v) is 5.74. The minimum absolute atomic E-state index is 0.101. The van der Waals surface area contributed by atoms with Gasteiger partial charge < -0.3 is 19.6 Å². The summed E-state index contributed by atoms with van der Waals surface area (Å²) in [4.78, 5) is 28.5. The van der Waals surface area contributed by atoms with Crippen LogP contribution in [0.3, 0.4) is 0 Å². The molecular weight excluding hydrogens is 384 g/mol. The Morgan fingerprint density at radius 3 is 2.46 bits per heavy atom. The molecule has 2 saturated heterocycles. The Balaban J connectivity index is 1.58. The molecule has 1 aromatic carbocycles. The quantitative estimate of drug-likeness (QED) is 0.759. The summed E-state index contributed by atoms with van der Waals surface area (Å²) >= 11 is 0. The Labute approximate surface area is 165 Å². The van der Waals surface area contributed by atoms with Crippen LogP contribution in [0.2, 0.25) is 0 Å². The van der Waals surface area contributed by atoms with Crippen LogP contribution in [0, 0.1) is 5.92 Å². The Kier molecular flexibility index (Phi) is 5.95. The Hall–Kier alpha value is -2.13. The zero-order chi connectivity index (χ0) is 20.5. The molecule has 9 heteroatoms. The molecule has 2 amide bonds. The number of sulfone groups is 1. The van der Waals surface area contributed by atoms with Crippen LogP contribution in [0.5, 0.6) is 5.75 Å².